The van der Waals surface area contributed by atoms with E-state index in [4.69, 9.17) is 10.8 Å². The molecule has 0 radical (unpaired) electrons. The molecule has 5 nitrogen and oxygen atoms in total. The van der Waals surface area contributed by atoms with Gasteiger partial charge in [0.15, 0.2) is 0 Å². The van der Waals surface area contributed by atoms with E-state index >= 15 is 0 Å². The predicted molar refractivity (Wildman–Crippen MR) is 66.8 cm³/mol. The van der Waals surface area contributed by atoms with E-state index in [1.54, 1.807) is 0 Å². The van der Waals surface area contributed by atoms with Gasteiger partial charge in [-0.3, -0.25) is 9.59 Å². The number of carbonyl (C=O) groups is 2. The van der Waals surface area contributed by atoms with Crippen LogP contribution < -0.4 is 5.73 Å². The molecule has 0 aromatic rings. The van der Waals surface area contributed by atoms with Crippen LogP contribution in [0.1, 0.15) is 32.1 Å². The van der Waals surface area contributed by atoms with Gasteiger partial charge in [0.1, 0.15) is 0 Å². The first-order valence-corrected chi connectivity index (χ1v) is 6.83. The molecule has 102 valence electrons. The van der Waals surface area contributed by atoms with E-state index in [2.05, 4.69) is 0 Å². The van der Waals surface area contributed by atoms with Gasteiger partial charge >= 0.3 is 5.97 Å². The lowest BCUT2D eigenvalue weighted by Gasteiger charge is -2.28. The molecule has 3 N–H and O–H groups in total. The third kappa shape index (κ3) is 2.83. The van der Waals surface area contributed by atoms with Crippen molar-refractivity contribution in [3.8, 4) is 0 Å². The van der Waals surface area contributed by atoms with Crippen LogP contribution in [0, 0.1) is 17.8 Å². The fourth-order valence-electron chi connectivity index (χ4n) is 3.07. The minimum absolute atomic E-state index is 0.0390. The maximum atomic E-state index is 12.3. The van der Waals surface area contributed by atoms with Crippen molar-refractivity contribution in [3.63, 3.8) is 0 Å². The van der Waals surface area contributed by atoms with Crippen molar-refractivity contribution in [1.82, 2.24) is 4.90 Å². The van der Waals surface area contributed by atoms with E-state index in [1.165, 1.54) is 0 Å². The lowest BCUT2D eigenvalue weighted by Crippen LogP contribution is -2.37. The number of nitrogens with two attached hydrogens (primary N) is 1. The van der Waals surface area contributed by atoms with E-state index in [0.29, 0.717) is 25.3 Å². The zero-order chi connectivity index (χ0) is 13.1. The molecule has 0 aromatic carbocycles. The number of nitrogens with zero attached hydrogens (tertiary/aromatic N) is 1. The Morgan fingerprint density at radius 2 is 1.72 bits per heavy atom. The number of likely N-dealkylation sites (tertiary alicyclic amines) is 1. The Balaban J connectivity index is 1.83. The number of carbonyl (C=O) groups excluding carboxylic acids is 1. The van der Waals surface area contributed by atoms with Gasteiger partial charge in [-0.15, -0.1) is 0 Å². The van der Waals surface area contributed by atoms with Crippen LogP contribution in [0.15, 0.2) is 0 Å². The fourth-order valence-corrected chi connectivity index (χ4v) is 3.07. The van der Waals surface area contributed by atoms with E-state index < -0.39 is 5.97 Å². The lowest BCUT2D eigenvalue weighted by molar-refractivity contribution is -0.145. The molecule has 0 spiro atoms. The molecule has 1 amide bonds. The minimum Gasteiger partial charge on any atom is -0.481 e. The molecule has 1 aliphatic carbocycles. The van der Waals surface area contributed by atoms with Gasteiger partial charge in [-0.05, 0) is 44.6 Å². The Kier molecular flexibility index (Phi) is 4.22. The third-order valence-corrected chi connectivity index (χ3v) is 4.36. The Labute approximate surface area is 107 Å². The van der Waals surface area contributed by atoms with Crippen molar-refractivity contribution in [1.29, 1.82) is 0 Å². The normalized spacial score (nSPS) is 32.5. The monoisotopic (exact) mass is 254 g/mol. The molecular weight excluding hydrogens is 232 g/mol. The van der Waals surface area contributed by atoms with Gasteiger partial charge in [-0.2, -0.15) is 0 Å². The van der Waals surface area contributed by atoms with Crippen LogP contribution in [0.4, 0.5) is 0 Å². The van der Waals surface area contributed by atoms with Crippen LogP contribution in [0.25, 0.3) is 0 Å². The highest BCUT2D eigenvalue weighted by molar-refractivity contribution is 5.79. The summed E-state index contributed by atoms with van der Waals surface area (Å²) in [5.74, 6) is -0.258. The Bertz CT molecular complexity index is 324. The second kappa shape index (κ2) is 5.69. The third-order valence-electron chi connectivity index (χ3n) is 4.36. The number of carboxylic acids is 1. The first-order valence-electron chi connectivity index (χ1n) is 6.83. The van der Waals surface area contributed by atoms with E-state index in [1.807, 2.05) is 4.90 Å². The number of carboxylic acid groups (broad SMARTS) is 1. The summed E-state index contributed by atoms with van der Waals surface area (Å²) in [6, 6.07) is 0. The summed E-state index contributed by atoms with van der Waals surface area (Å²) < 4.78 is 0. The second-order valence-electron chi connectivity index (χ2n) is 5.56. The average molecular weight is 254 g/mol. The van der Waals surface area contributed by atoms with Gasteiger partial charge in [0.05, 0.1) is 5.92 Å². The van der Waals surface area contributed by atoms with Crippen molar-refractivity contribution in [2.24, 2.45) is 23.5 Å². The van der Waals surface area contributed by atoms with Crippen molar-refractivity contribution >= 4 is 11.9 Å². The molecule has 0 bridgehead atoms. The topological polar surface area (TPSA) is 83.6 Å². The second-order valence-corrected chi connectivity index (χ2v) is 5.56. The van der Waals surface area contributed by atoms with E-state index in [-0.39, 0.29) is 17.7 Å². The molecule has 1 aliphatic heterocycles. The summed E-state index contributed by atoms with van der Waals surface area (Å²) in [5.41, 5.74) is 5.62. The van der Waals surface area contributed by atoms with E-state index in [9.17, 15) is 9.59 Å². The van der Waals surface area contributed by atoms with Crippen molar-refractivity contribution < 1.29 is 14.7 Å². The maximum Gasteiger partial charge on any atom is 0.306 e. The standard InChI is InChI=1S/C13H22N2O3/c14-7-9-5-6-15(8-9)12(16)10-1-3-11(4-2-10)13(17)18/h9-11H,1-8,14H2,(H,17,18). The summed E-state index contributed by atoms with van der Waals surface area (Å²) in [4.78, 5) is 25.1. The maximum absolute atomic E-state index is 12.3. The molecule has 1 saturated heterocycles. The van der Waals surface area contributed by atoms with Gasteiger partial charge in [0.2, 0.25) is 5.91 Å². The molecule has 0 aromatic heterocycles. The minimum atomic E-state index is -0.717. The van der Waals surface area contributed by atoms with Crippen LogP contribution >= 0.6 is 0 Å². The molecule has 2 aliphatic rings. The van der Waals surface area contributed by atoms with Crippen LogP contribution in [-0.4, -0.2) is 41.5 Å². The van der Waals surface area contributed by atoms with Crippen LogP contribution in [0.5, 0.6) is 0 Å². The molecule has 1 atom stereocenters. The summed E-state index contributed by atoms with van der Waals surface area (Å²) in [6.07, 6.45) is 3.73. The van der Waals surface area contributed by atoms with Gasteiger partial charge in [0, 0.05) is 19.0 Å². The van der Waals surface area contributed by atoms with Crippen LogP contribution in [0.2, 0.25) is 0 Å². The Morgan fingerprint density at radius 1 is 1.11 bits per heavy atom. The van der Waals surface area contributed by atoms with Gasteiger partial charge in [-0.1, -0.05) is 0 Å². The smallest absolute Gasteiger partial charge is 0.306 e. The summed E-state index contributed by atoms with van der Waals surface area (Å²) in [7, 11) is 0. The molecule has 5 heteroatoms. The van der Waals surface area contributed by atoms with Crippen molar-refractivity contribution in [2.45, 2.75) is 32.1 Å². The van der Waals surface area contributed by atoms with Gasteiger partial charge in [-0.25, -0.2) is 0 Å². The highest BCUT2D eigenvalue weighted by Crippen LogP contribution is 2.31. The van der Waals surface area contributed by atoms with E-state index in [0.717, 1.165) is 32.4 Å². The molecular formula is C13H22N2O3. The van der Waals surface area contributed by atoms with Crippen LogP contribution in [-0.2, 0) is 9.59 Å². The number of hydrogen-bond donors (Lipinski definition) is 2. The first-order chi connectivity index (χ1) is 8.61. The van der Waals surface area contributed by atoms with Gasteiger partial charge in [0.25, 0.3) is 0 Å². The van der Waals surface area contributed by atoms with Gasteiger partial charge < -0.3 is 15.7 Å². The summed E-state index contributed by atoms with van der Waals surface area (Å²) in [5, 5.41) is 8.93. The molecule has 1 unspecified atom stereocenters. The first kappa shape index (κ1) is 13.3. The Hall–Kier alpha value is -1.10. The summed E-state index contributed by atoms with van der Waals surface area (Å²) >= 11 is 0. The number of hydrogen-bond acceptors (Lipinski definition) is 3. The molecule has 18 heavy (non-hydrogen) atoms. The Morgan fingerprint density at radius 3 is 2.22 bits per heavy atom. The number of rotatable bonds is 3. The molecule has 1 saturated carbocycles. The van der Waals surface area contributed by atoms with Crippen LogP contribution in [0.3, 0.4) is 0 Å². The molecule has 2 rings (SSSR count). The predicted octanol–water partition coefficient (Wildman–Crippen LogP) is 0.685. The number of amides is 1. The number of aliphatic carboxylic acids is 1. The molecule has 2 fully saturated rings. The zero-order valence-electron chi connectivity index (χ0n) is 10.7. The van der Waals surface area contributed by atoms with Crippen molar-refractivity contribution in [2.75, 3.05) is 19.6 Å². The zero-order valence-corrected chi connectivity index (χ0v) is 10.7. The summed E-state index contributed by atoms with van der Waals surface area (Å²) in [6.45, 7) is 2.25. The van der Waals surface area contributed by atoms with Crippen molar-refractivity contribution in [3.05, 3.63) is 0 Å². The lowest BCUT2D eigenvalue weighted by atomic mass is 9.81. The SMILES string of the molecule is NCC1CCN(C(=O)C2CCC(C(=O)O)CC2)C1. The fraction of sp³-hybridized carbons (Fsp3) is 0.846. The highest BCUT2D eigenvalue weighted by Gasteiger charge is 2.34. The average Bonchev–Trinajstić information content (AvgIpc) is 2.86. The highest BCUT2D eigenvalue weighted by atomic mass is 16.4. The quantitative estimate of drug-likeness (QED) is 0.776. The molecule has 1 heterocycles. The largest absolute Gasteiger partial charge is 0.481 e.